The first-order chi connectivity index (χ1) is 8.63. The van der Waals surface area contributed by atoms with Crippen molar-refractivity contribution in [1.82, 2.24) is 0 Å². The molecule has 0 amide bonds. The second-order valence-corrected chi connectivity index (χ2v) is 4.20. The highest BCUT2D eigenvalue weighted by molar-refractivity contribution is 9.09. The van der Waals surface area contributed by atoms with Crippen LogP contribution in [0.15, 0.2) is 12.1 Å². The van der Waals surface area contributed by atoms with E-state index in [0.29, 0.717) is 6.61 Å². The molecule has 1 N–H and O–H groups in total. The van der Waals surface area contributed by atoms with Crippen molar-refractivity contribution in [3.63, 3.8) is 0 Å². The Balaban J connectivity index is 2.90. The summed E-state index contributed by atoms with van der Waals surface area (Å²) >= 11 is 3.24. The van der Waals surface area contributed by atoms with Crippen LogP contribution in [-0.4, -0.2) is 37.2 Å². The molecular formula is C12H15BrO5. The molecule has 0 saturated heterocycles. The molecule has 1 aromatic carbocycles. The molecule has 100 valence electrons. The van der Waals surface area contributed by atoms with Gasteiger partial charge < -0.3 is 19.3 Å². The molecule has 0 saturated carbocycles. The minimum Gasteiger partial charge on any atom is -0.504 e. The largest absolute Gasteiger partial charge is 0.504 e. The van der Waals surface area contributed by atoms with Gasteiger partial charge >= 0.3 is 5.97 Å². The van der Waals surface area contributed by atoms with Gasteiger partial charge in [-0.2, -0.15) is 0 Å². The number of esters is 1. The normalized spacial score (nSPS) is 9.94. The van der Waals surface area contributed by atoms with E-state index in [2.05, 4.69) is 15.9 Å². The number of hydrogen-bond acceptors (Lipinski definition) is 5. The average Bonchev–Trinajstić information content (AvgIpc) is 2.37. The van der Waals surface area contributed by atoms with Crippen molar-refractivity contribution in [3.05, 3.63) is 17.7 Å². The molecule has 0 unspecified atom stereocenters. The van der Waals surface area contributed by atoms with Crippen LogP contribution in [-0.2, 0) is 4.74 Å². The molecule has 18 heavy (non-hydrogen) atoms. The lowest BCUT2D eigenvalue weighted by molar-refractivity contribution is 0.0505. The maximum atomic E-state index is 11.7. The first-order valence-corrected chi connectivity index (χ1v) is 6.44. The molecule has 5 nitrogen and oxygen atoms in total. The topological polar surface area (TPSA) is 65.0 Å². The Morgan fingerprint density at radius 3 is 2.61 bits per heavy atom. The monoisotopic (exact) mass is 318 g/mol. The van der Waals surface area contributed by atoms with Crippen LogP contribution in [0.3, 0.4) is 0 Å². The third-order valence-electron chi connectivity index (χ3n) is 2.21. The molecule has 0 aromatic heterocycles. The number of halogens is 1. The molecule has 1 rings (SSSR count). The van der Waals surface area contributed by atoms with Gasteiger partial charge in [-0.25, -0.2) is 4.79 Å². The van der Waals surface area contributed by atoms with Crippen molar-refractivity contribution in [2.45, 2.75) is 6.42 Å². The van der Waals surface area contributed by atoms with Crippen LogP contribution in [0.1, 0.15) is 16.8 Å². The summed E-state index contributed by atoms with van der Waals surface area (Å²) in [6.45, 7) is 0.319. The van der Waals surface area contributed by atoms with Gasteiger partial charge in [-0.1, -0.05) is 15.9 Å². The number of alkyl halides is 1. The van der Waals surface area contributed by atoms with E-state index < -0.39 is 5.97 Å². The highest BCUT2D eigenvalue weighted by atomic mass is 79.9. The Kier molecular flexibility index (Phi) is 5.77. The first-order valence-electron chi connectivity index (χ1n) is 5.32. The standard InChI is InChI=1S/C12H15BrO5/c1-16-10-7-8(6-9(14)11(10)17-2)12(15)18-5-3-4-13/h6-7,14H,3-5H2,1-2H3. The van der Waals surface area contributed by atoms with E-state index in [1.165, 1.54) is 26.4 Å². The molecule has 0 heterocycles. The van der Waals surface area contributed by atoms with Crippen LogP contribution in [0.5, 0.6) is 17.2 Å². The Bertz CT molecular complexity index is 419. The molecule has 0 atom stereocenters. The Labute approximate surface area is 114 Å². The predicted molar refractivity (Wildman–Crippen MR) is 69.9 cm³/mol. The molecule has 1 aromatic rings. The molecule has 0 aliphatic carbocycles. The number of methoxy groups -OCH3 is 2. The van der Waals surface area contributed by atoms with E-state index in [-0.39, 0.29) is 22.8 Å². The number of phenols is 1. The van der Waals surface area contributed by atoms with Gasteiger partial charge in [0, 0.05) is 5.33 Å². The third-order valence-corrected chi connectivity index (χ3v) is 2.77. The quantitative estimate of drug-likeness (QED) is 0.495. The molecule has 0 aliphatic heterocycles. The summed E-state index contributed by atoms with van der Waals surface area (Å²) in [4.78, 5) is 11.7. The third kappa shape index (κ3) is 3.53. The summed E-state index contributed by atoms with van der Waals surface area (Å²) in [6, 6.07) is 2.76. The summed E-state index contributed by atoms with van der Waals surface area (Å²) in [5.74, 6) is -0.198. The van der Waals surface area contributed by atoms with Crippen LogP contribution in [0.4, 0.5) is 0 Å². The molecule has 0 aliphatic rings. The molecule has 0 spiro atoms. The fourth-order valence-electron chi connectivity index (χ4n) is 1.36. The average molecular weight is 319 g/mol. The zero-order valence-electron chi connectivity index (χ0n) is 10.2. The van der Waals surface area contributed by atoms with E-state index in [0.717, 1.165) is 11.8 Å². The van der Waals surface area contributed by atoms with Gasteiger partial charge in [0.25, 0.3) is 0 Å². The van der Waals surface area contributed by atoms with Gasteiger partial charge in [0.1, 0.15) is 0 Å². The van der Waals surface area contributed by atoms with Crippen LogP contribution < -0.4 is 9.47 Å². The molecule has 6 heteroatoms. The molecule has 0 radical (unpaired) electrons. The smallest absolute Gasteiger partial charge is 0.338 e. The van der Waals surface area contributed by atoms with Crippen LogP contribution in [0.2, 0.25) is 0 Å². The summed E-state index contributed by atoms with van der Waals surface area (Å²) in [7, 11) is 2.84. The van der Waals surface area contributed by atoms with Crippen LogP contribution in [0, 0.1) is 0 Å². The van der Waals surface area contributed by atoms with E-state index >= 15 is 0 Å². The zero-order valence-corrected chi connectivity index (χ0v) is 11.8. The second kappa shape index (κ2) is 7.10. The van der Waals surface area contributed by atoms with Crippen molar-refractivity contribution >= 4 is 21.9 Å². The number of ether oxygens (including phenoxy) is 3. The number of hydrogen-bond donors (Lipinski definition) is 1. The van der Waals surface area contributed by atoms with Gasteiger partial charge in [0.2, 0.25) is 5.75 Å². The van der Waals surface area contributed by atoms with Gasteiger partial charge in [-0.05, 0) is 18.6 Å². The van der Waals surface area contributed by atoms with Gasteiger partial charge in [-0.15, -0.1) is 0 Å². The van der Waals surface area contributed by atoms with Crippen LogP contribution in [0.25, 0.3) is 0 Å². The number of carbonyl (C=O) groups excluding carboxylic acids is 1. The van der Waals surface area contributed by atoms with E-state index in [1.54, 1.807) is 0 Å². The fourth-order valence-corrected chi connectivity index (χ4v) is 1.59. The van der Waals surface area contributed by atoms with E-state index in [9.17, 15) is 9.90 Å². The Morgan fingerprint density at radius 1 is 1.33 bits per heavy atom. The number of benzene rings is 1. The lowest BCUT2D eigenvalue weighted by Crippen LogP contribution is -2.07. The number of aromatic hydroxyl groups is 1. The fraction of sp³-hybridized carbons (Fsp3) is 0.417. The van der Waals surface area contributed by atoms with E-state index in [1.807, 2.05) is 0 Å². The van der Waals surface area contributed by atoms with Gasteiger partial charge in [0.15, 0.2) is 11.5 Å². The number of carbonyl (C=O) groups is 1. The second-order valence-electron chi connectivity index (χ2n) is 3.41. The van der Waals surface area contributed by atoms with Crippen molar-refractivity contribution in [2.24, 2.45) is 0 Å². The Hall–Kier alpha value is -1.43. The van der Waals surface area contributed by atoms with Crippen molar-refractivity contribution < 1.29 is 24.1 Å². The van der Waals surface area contributed by atoms with Gasteiger partial charge in [-0.3, -0.25) is 0 Å². The summed E-state index contributed by atoms with van der Waals surface area (Å²) < 4.78 is 15.0. The number of rotatable bonds is 6. The van der Waals surface area contributed by atoms with Crippen molar-refractivity contribution in [1.29, 1.82) is 0 Å². The summed E-state index contributed by atoms with van der Waals surface area (Å²) in [6.07, 6.45) is 0.727. The summed E-state index contributed by atoms with van der Waals surface area (Å²) in [5, 5.41) is 10.5. The van der Waals surface area contributed by atoms with Crippen molar-refractivity contribution in [3.8, 4) is 17.2 Å². The molecular weight excluding hydrogens is 304 g/mol. The number of phenolic OH excluding ortho intramolecular Hbond substituents is 1. The Morgan fingerprint density at radius 2 is 2.06 bits per heavy atom. The highest BCUT2D eigenvalue weighted by Crippen LogP contribution is 2.37. The minimum atomic E-state index is -0.507. The summed E-state index contributed by atoms with van der Waals surface area (Å²) in [5.41, 5.74) is 0.222. The molecule has 0 fully saturated rings. The highest BCUT2D eigenvalue weighted by Gasteiger charge is 2.16. The maximum absolute atomic E-state index is 11.7. The SMILES string of the molecule is COc1cc(C(=O)OCCCBr)cc(O)c1OC. The zero-order chi connectivity index (χ0) is 13.5. The van der Waals surface area contributed by atoms with Gasteiger partial charge in [0.05, 0.1) is 26.4 Å². The lowest BCUT2D eigenvalue weighted by Gasteiger charge is -2.11. The van der Waals surface area contributed by atoms with Crippen molar-refractivity contribution in [2.75, 3.05) is 26.2 Å². The molecule has 0 bridgehead atoms. The first kappa shape index (κ1) is 14.6. The van der Waals surface area contributed by atoms with Crippen LogP contribution >= 0.6 is 15.9 Å². The predicted octanol–water partition coefficient (Wildman–Crippen LogP) is 2.35. The minimum absolute atomic E-state index is 0.163. The lowest BCUT2D eigenvalue weighted by atomic mass is 10.2. The maximum Gasteiger partial charge on any atom is 0.338 e. The van der Waals surface area contributed by atoms with E-state index in [4.69, 9.17) is 14.2 Å².